The van der Waals surface area contributed by atoms with Gasteiger partial charge < -0.3 is 19.8 Å². The molecule has 1 aliphatic rings. The molecule has 1 aromatic heterocycles. The van der Waals surface area contributed by atoms with Crippen molar-refractivity contribution < 1.29 is 5.11 Å². The van der Waals surface area contributed by atoms with Crippen LogP contribution in [0.1, 0.15) is 19.8 Å². The topological polar surface area (TPSA) is 55.7 Å². The van der Waals surface area contributed by atoms with Crippen molar-refractivity contribution in [1.82, 2.24) is 14.9 Å². The molecular formula is C16H29N5O. The molecule has 1 saturated heterocycles. The fraction of sp³-hybridized carbons (Fsp3) is 0.750. The molecule has 0 unspecified atom stereocenters. The van der Waals surface area contributed by atoms with Gasteiger partial charge in [-0.15, -0.1) is 0 Å². The highest BCUT2D eigenvalue weighted by atomic mass is 16.3. The van der Waals surface area contributed by atoms with Gasteiger partial charge in [0.1, 0.15) is 18.0 Å². The van der Waals surface area contributed by atoms with Crippen LogP contribution < -0.4 is 9.80 Å². The minimum atomic E-state index is 0.263. The molecule has 2 heterocycles. The zero-order valence-corrected chi connectivity index (χ0v) is 14.1. The quantitative estimate of drug-likeness (QED) is 0.813. The number of likely N-dealkylation sites (tertiary alicyclic amines) is 1. The predicted octanol–water partition coefficient (Wildman–Crippen LogP) is 1.07. The summed E-state index contributed by atoms with van der Waals surface area (Å²) in [6.07, 6.45) is 4.03. The van der Waals surface area contributed by atoms with Crippen molar-refractivity contribution >= 4 is 11.6 Å². The van der Waals surface area contributed by atoms with Gasteiger partial charge in [0.2, 0.25) is 0 Å². The fourth-order valence-electron chi connectivity index (χ4n) is 2.93. The van der Waals surface area contributed by atoms with Crippen LogP contribution in [0.15, 0.2) is 12.4 Å². The van der Waals surface area contributed by atoms with Crippen molar-refractivity contribution in [3.8, 4) is 0 Å². The normalized spacial score (nSPS) is 16.7. The molecule has 0 aliphatic carbocycles. The molecule has 0 spiro atoms. The van der Waals surface area contributed by atoms with E-state index in [1.165, 1.54) is 12.8 Å². The van der Waals surface area contributed by atoms with Crippen molar-refractivity contribution in [2.75, 3.05) is 63.2 Å². The maximum atomic E-state index is 9.00. The monoisotopic (exact) mass is 307 g/mol. The number of aliphatic hydroxyl groups excluding tert-OH is 1. The summed E-state index contributed by atoms with van der Waals surface area (Å²) in [7, 11) is 4.15. The van der Waals surface area contributed by atoms with Gasteiger partial charge in [-0.05, 0) is 38.8 Å². The van der Waals surface area contributed by atoms with Crippen LogP contribution in [0.25, 0.3) is 0 Å². The van der Waals surface area contributed by atoms with Crippen molar-refractivity contribution in [2.45, 2.75) is 19.8 Å². The van der Waals surface area contributed by atoms with E-state index in [9.17, 15) is 0 Å². The SMILES string of the molecule is CCN(C)c1cc(N(C)CC2CCN(CCO)CC2)ncn1. The second-order valence-corrected chi connectivity index (χ2v) is 6.14. The molecule has 1 N–H and O–H groups in total. The number of hydrogen-bond acceptors (Lipinski definition) is 6. The summed E-state index contributed by atoms with van der Waals surface area (Å²) in [5.41, 5.74) is 0. The summed E-state index contributed by atoms with van der Waals surface area (Å²) in [6, 6.07) is 2.06. The second kappa shape index (κ2) is 8.29. The van der Waals surface area contributed by atoms with Crippen molar-refractivity contribution in [3.05, 3.63) is 12.4 Å². The lowest BCUT2D eigenvalue weighted by molar-refractivity contribution is 0.149. The molecule has 1 fully saturated rings. The van der Waals surface area contributed by atoms with Crippen LogP contribution in [0.5, 0.6) is 0 Å². The van der Waals surface area contributed by atoms with E-state index < -0.39 is 0 Å². The highest BCUT2D eigenvalue weighted by Gasteiger charge is 2.20. The number of rotatable bonds is 7. The van der Waals surface area contributed by atoms with Crippen LogP contribution in [0.2, 0.25) is 0 Å². The number of β-amino-alcohol motifs (C(OH)–C–C–N with tert-alkyl or cyclic N) is 1. The summed E-state index contributed by atoms with van der Waals surface area (Å²) in [5.74, 6) is 2.66. The first kappa shape index (κ1) is 17.0. The first-order valence-electron chi connectivity index (χ1n) is 8.21. The van der Waals surface area contributed by atoms with Gasteiger partial charge in [-0.2, -0.15) is 0 Å². The molecule has 0 radical (unpaired) electrons. The Morgan fingerprint density at radius 1 is 1.18 bits per heavy atom. The first-order chi connectivity index (χ1) is 10.6. The second-order valence-electron chi connectivity index (χ2n) is 6.14. The zero-order valence-electron chi connectivity index (χ0n) is 14.1. The molecule has 0 atom stereocenters. The van der Waals surface area contributed by atoms with Crippen LogP contribution in [0, 0.1) is 5.92 Å². The number of aliphatic hydroxyl groups is 1. The van der Waals surface area contributed by atoms with Gasteiger partial charge in [0.25, 0.3) is 0 Å². The highest BCUT2D eigenvalue weighted by molar-refractivity contribution is 5.49. The Morgan fingerprint density at radius 2 is 1.82 bits per heavy atom. The fourth-order valence-corrected chi connectivity index (χ4v) is 2.93. The summed E-state index contributed by atoms with van der Waals surface area (Å²) in [6.45, 7) is 7.33. The van der Waals surface area contributed by atoms with E-state index in [-0.39, 0.29) is 6.61 Å². The van der Waals surface area contributed by atoms with Crippen LogP contribution in [0.4, 0.5) is 11.6 Å². The maximum absolute atomic E-state index is 9.00. The number of anilines is 2. The predicted molar refractivity (Wildman–Crippen MR) is 90.5 cm³/mol. The highest BCUT2D eigenvalue weighted by Crippen LogP contribution is 2.21. The molecule has 6 nitrogen and oxygen atoms in total. The van der Waals surface area contributed by atoms with Gasteiger partial charge in [0.15, 0.2) is 0 Å². The zero-order chi connectivity index (χ0) is 15.9. The number of piperidine rings is 1. The molecule has 124 valence electrons. The summed E-state index contributed by atoms with van der Waals surface area (Å²) in [4.78, 5) is 15.4. The Kier molecular flexibility index (Phi) is 6.39. The Morgan fingerprint density at radius 3 is 2.41 bits per heavy atom. The summed E-state index contributed by atoms with van der Waals surface area (Å²) >= 11 is 0. The van der Waals surface area contributed by atoms with E-state index in [0.717, 1.165) is 44.4 Å². The first-order valence-corrected chi connectivity index (χ1v) is 8.21. The Labute approximate surface area is 133 Å². The lowest BCUT2D eigenvalue weighted by atomic mass is 9.96. The molecule has 0 saturated carbocycles. The van der Waals surface area contributed by atoms with E-state index in [2.05, 4.69) is 44.7 Å². The molecule has 0 amide bonds. The van der Waals surface area contributed by atoms with Gasteiger partial charge in [-0.3, -0.25) is 0 Å². The lowest BCUT2D eigenvalue weighted by Gasteiger charge is -2.33. The minimum absolute atomic E-state index is 0.263. The van der Waals surface area contributed by atoms with Gasteiger partial charge in [0, 0.05) is 39.8 Å². The Hall–Kier alpha value is -1.40. The molecule has 6 heteroatoms. The Balaban J connectivity index is 1.88. The van der Waals surface area contributed by atoms with Crippen molar-refractivity contribution in [1.29, 1.82) is 0 Å². The average Bonchev–Trinajstić information content (AvgIpc) is 2.56. The van der Waals surface area contributed by atoms with Crippen molar-refractivity contribution in [2.24, 2.45) is 5.92 Å². The van der Waals surface area contributed by atoms with E-state index in [1.54, 1.807) is 6.33 Å². The Bertz CT molecular complexity index is 448. The summed E-state index contributed by atoms with van der Waals surface area (Å²) in [5, 5.41) is 9.00. The maximum Gasteiger partial charge on any atom is 0.133 e. The third kappa shape index (κ3) is 4.55. The van der Waals surface area contributed by atoms with E-state index >= 15 is 0 Å². The van der Waals surface area contributed by atoms with E-state index in [1.807, 2.05) is 7.05 Å². The molecule has 0 bridgehead atoms. The minimum Gasteiger partial charge on any atom is -0.395 e. The van der Waals surface area contributed by atoms with E-state index in [0.29, 0.717) is 5.92 Å². The van der Waals surface area contributed by atoms with Gasteiger partial charge in [-0.25, -0.2) is 9.97 Å². The molecule has 0 aromatic carbocycles. The third-order valence-corrected chi connectivity index (χ3v) is 4.55. The smallest absolute Gasteiger partial charge is 0.133 e. The van der Waals surface area contributed by atoms with Gasteiger partial charge in [-0.1, -0.05) is 0 Å². The van der Waals surface area contributed by atoms with Crippen LogP contribution in [-0.4, -0.2) is 73.4 Å². The van der Waals surface area contributed by atoms with Gasteiger partial charge in [0.05, 0.1) is 6.61 Å². The van der Waals surface area contributed by atoms with Gasteiger partial charge >= 0.3 is 0 Å². The standard InChI is InChI=1S/C16H29N5O/c1-4-19(2)15-11-16(18-13-17-15)20(3)12-14-5-7-21(8-6-14)9-10-22/h11,13-14,22H,4-10,12H2,1-3H3. The molecule has 22 heavy (non-hydrogen) atoms. The molecule has 1 aliphatic heterocycles. The molecule has 1 aromatic rings. The third-order valence-electron chi connectivity index (χ3n) is 4.55. The molecular weight excluding hydrogens is 278 g/mol. The molecule has 2 rings (SSSR count). The number of nitrogens with zero attached hydrogens (tertiary/aromatic N) is 5. The number of aromatic nitrogens is 2. The van der Waals surface area contributed by atoms with Crippen LogP contribution in [0.3, 0.4) is 0 Å². The van der Waals surface area contributed by atoms with Crippen molar-refractivity contribution in [3.63, 3.8) is 0 Å². The van der Waals surface area contributed by atoms with Crippen LogP contribution in [-0.2, 0) is 0 Å². The largest absolute Gasteiger partial charge is 0.395 e. The average molecular weight is 307 g/mol. The van der Waals surface area contributed by atoms with E-state index in [4.69, 9.17) is 5.11 Å². The summed E-state index contributed by atoms with van der Waals surface area (Å²) < 4.78 is 0. The lowest BCUT2D eigenvalue weighted by Crippen LogP contribution is -2.39. The number of hydrogen-bond donors (Lipinski definition) is 1. The van der Waals surface area contributed by atoms with Crippen LogP contribution >= 0.6 is 0 Å².